The first-order chi connectivity index (χ1) is 9.38. The third-order valence-electron chi connectivity index (χ3n) is 3.48. The van der Waals surface area contributed by atoms with E-state index in [-0.39, 0.29) is 17.2 Å². The summed E-state index contributed by atoms with van der Waals surface area (Å²) < 4.78 is 13.4. The average molecular weight is 291 g/mol. The van der Waals surface area contributed by atoms with Crippen LogP contribution in [0.1, 0.15) is 32.6 Å². The average Bonchev–Trinajstić information content (AvgIpc) is 2.38. The molecule has 0 aliphatic carbocycles. The highest BCUT2D eigenvalue weighted by atomic mass is 35.5. The van der Waals surface area contributed by atoms with Crippen LogP contribution in [0, 0.1) is 26.6 Å². The summed E-state index contributed by atoms with van der Waals surface area (Å²) in [5, 5.41) is 0.168. The number of carbonyl (C=O) groups is 1. The molecule has 3 heteroatoms. The quantitative estimate of drug-likeness (QED) is 0.740. The number of carbonyl (C=O) groups excluding carboxylic acids is 1. The van der Waals surface area contributed by atoms with Crippen LogP contribution in [-0.2, 0) is 6.42 Å². The second kappa shape index (κ2) is 5.76. The van der Waals surface area contributed by atoms with Gasteiger partial charge in [0.1, 0.15) is 5.82 Å². The van der Waals surface area contributed by atoms with E-state index in [4.69, 9.17) is 11.6 Å². The van der Waals surface area contributed by atoms with E-state index in [2.05, 4.69) is 0 Å². The number of Topliss-reactive ketones (excluding diaryl/α,β-unsaturated/α-hetero) is 1. The van der Waals surface area contributed by atoms with E-state index in [0.29, 0.717) is 11.1 Å². The Morgan fingerprint density at radius 3 is 2.40 bits per heavy atom. The maximum atomic E-state index is 13.4. The first-order valence-electron chi connectivity index (χ1n) is 6.43. The molecule has 0 amide bonds. The van der Waals surface area contributed by atoms with Crippen molar-refractivity contribution >= 4 is 17.4 Å². The van der Waals surface area contributed by atoms with Crippen LogP contribution in [0.2, 0.25) is 5.02 Å². The SMILES string of the molecule is Cc1ccc(CC(=O)c2cc(C)c(F)cc2Cl)cc1C. The summed E-state index contributed by atoms with van der Waals surface area (Å²) in [5.41, 5.74) is 4.09. The van der Waals surface area contributed by atoms with Gasteiger partial charge in [0.25, 0.3) is 0 Å². The van der Waals surface area contributed by atoms with E-state index in [9.17, 15) is 9.18 Å². The van der Waals surface area contributed by atoms with Gasteiger partial charge in [0.15, 0.2) is 5.78 Å². The van der Waals surface area contributed by atoms with Crippen molar-refractivity contribution in [3.8, 4) is 0 Å². The van der Waals surface area contributed by atoms with Crippen LogP contribution in [0.4, 0.5) is 4.39 Å². The molecule has 1 nitrogen and oxygen atoms in total. The Bertz CT molecular complexity index is 677. The summed E-state index contributed by atoms with van der Waals surface area (Å²) in [6.45, 7) is 5.66. The zero-order valence-corrected chi connectivity index (χ0v) is 12.5. The molecule has 0 aromatic heterocycles. The second-order valence-corrected chi connectivity index (χ2v) is 5.51. The zero-order valence-electron chi connectivity index (χ0n) is 11.8. The number of hydrogen-bond donors (Lipinski definition) is 0. The third kappa shape index (κ3) is 3.07. The van der Waals surface area contributed by atoms with Crippen LogP contribution in [0.15, 0.2) is 30.3 Å². The van der Waals surface area contributed by atoms with Crippen LogP contribution in [0.3, 0.4) is 0 Å². The van der Waals surface area contributed by atoms with Crippen LogP contribution in [0.25, 0.3) is 0 Å². The van der Waals surface area contributed by atoms with Crippen LogP contribution in [0.5, 0.6) is 0 Å². The molecule has 0 saturated heterocycles. The molecule has 0 fully saturated rings. The lowest BCUT2D eigenvalue weighted by atomic mass is 9.98. The number of hydrogen-bond acceptors (Lipinski definition) is 1. The highest BCUT2D eigenvalue weighted by Crippen LogP contribution is 2.22. The van der Waals surface area contributed by atoms with Crippen molar-refractivity contribution in [2.75, 3.05) is 0 Å². The molecule has 0 saturated carbocycles. The lowest BCUT2D eigenvalue weighted by Gasteiger charge is -2.08. The van der Waals surface area contributed by atoms with Crippen LogP contribution in [-0.4, -0.2) is 5.78 Å². The summed E-state index contributed by atoms with van der Waals surface area (Å²) in [6.07, 6.45) is 0.270. The molecule has 0 aliphatic rings. The van der Waals surface area contributed by atoms with Crippen molar-refractivity contribution in [1.29, 1.82) is 0 Å². The fourth-order valence-electron chi connectivity index (χ4n) is 2.07. The fourth-order valence-corrected chi connectivity index (χ4v) is 2.32. The van der Waals surface area contributed by atoms with Gasteiger partial charge in [0.2, 0.25) is 0 Å². The summed E-state index contributed by atoms with van der Waals surface area (Å²) in [6, 6.07) is 8.64. The number of halogens is 2. The van der Waals surface area contributed by atoms with Crippen LogP contribution >= 0.6 is 11.6 Å². The van der Waals surface area contributed by atoms with Gasteiger partial charge in [-0.05, 0) is 55.2 Å². The van der Waals surface area contributed by atoms with E-state index >= 15 is 0 Å². The van der Waals surface area contributed by atoms with E-state index in [1.807, 2.05) is 32.0 Å². The molecular weight excluding hydrogens is 275 g/mol. The maximum Gasteiger partial charge on any atom is 0.168 e. The summed E-state index contributed by atoms with van der Waals surface area (Å²) in [5.74, 6) is -0.487. The highest BCUT2D eigenvalue weighted by molar-refractivity contribution is 6.34. The minimum absolute atomic E-state index is 0.0960. The maximum absolute atomic E-state index is 13.4. The second-order valence-electron chi connectivity index (χ2n) is 5.10. The number of ketones is 1. The molecule has 0 aliphatic heterocycles. The molecule has 0 N–H and O–H groups in total. The minimum Gasteiger partial charge on any atom is -0.294 e. The Labute approximate surface area is 123 Å². The van der Waals surface area contributed by atoms with Gasteiger partial charge in [-0.25, -0.2) is 4.39 Å². The van der Waals surface area contributed by atoms with E-state index in [0.717, 1.165) is 11.1 Å². The normalized spacial score (nSPS) is 10.7. The number of aryl methyl sites for hydroxylation is 3. The van der Waals surface area contributed by atoms with Gasteiger partial charge >= 0.3 is 0 Å². The third-order valence-corrected chi connectivity index (χ3v) is 3.80. The topological polar surface area (TPSA) is 17.1 Å². The van der Waals surface area contributed by atoms with Gasteiger partial charge in [-0.15, -0.1) is 0 Å². The first-order valence-corrected chi connectivity index (χ1v) is 6.81. The van der Waals surface area contributed by atoms with Gasteiger partial charge in [-0.3, -0.25) is 4.79 Å². The molecule has 0 atom stereocenters. The van der Waals surface area contributed by atoms with Crippen molar-refractivity contribution in [2.24, 2.45) is 0 Å². The van der Waals surface area contributed by atoms with Crippen molar-refractivity contribution in [1.82, 2.24) is 0 Å². The molecule has 0 spiro atoms. The zero-order chi connectivity index (χ0) is 14.9. The van der Waals surface area contributed by atoms with Gasteiger partial charge in [-0.1, -0.05) is 29.8 Å². The molecular formula is C17H16ClFO. The van der Waals surface area contributed by atoms with Gasteiger partial charge in [-0.2, -0.15) is 0 Å². The summed E-state index contributed by atoms with van der Waals surface area (Å²) in [4.78, 5) is 12.3. The van der Waals surface area contributed by atoms with Crippen molar-refractivity contribution in [3.05, 3.63) is 69.0 Å². The summed E-state index contributed by atoms with van der Waals surface area (Å²) >= 11 is 5.96. The first kappa shape index (κ1) is 14.7. The Morgan fingerprint density at radius 2 is 1.75 bits per heavy atom. The van der Waals surface area contributed by atoms with Crippen molar-refractivity contribution in [3.63, 3.8) is 0 Å². The van der Waals surface area contributed by atoms with E-state index < -0.39 is 5.82 Å². The van der Waals surface area contributed by atoms with Crippen molar-refractivity contribution in [2.45, 2.75) is 27.2 Å². The Hall–Kier alpha value is -1.67. The smallest absolute Gasteiger partial charge is 0.168 e. The molecule has 2 rings (SSSR count). The molecule has 0 radical (unpaired) electrons. The van der Waals surface area contributed by atoms with E-state index in [1.165, 1.54) is 17.7 Å². The lowest BCUT2D eigenvalue weighted by Crippen LogP contribution is -2.06. The lowest BCUT2D eigenvalue weighted by molar-refractivity contribution is 0.0993. The highest BCUT2D eigenvalue weighted by Gasteiger charge is 2.14. The van der Waals surface area contributed by atoms with Gasteiger partial charge in [0.05, 0.1) is 5.02 Å². The molecule has 0 heterocycles. The number of benzene rings is 2. The fraction of sp³-hybridized carbons (Fsp3) is 0.235. The summed E-state index contributed by atoms with van der Waals surface area (Å²) in [7, 11) is 0. The Kier molecular flexibility index (Phi) is 4.24. The minimum atomic E-state index is -0.391. The molecule has 2 aromatic rings. The largest absolute Gasteiger partial charge is 0.294 e. The van der Waals surface area contributed by atoms with Crippen LogP contribution < -0.4 is 0 Å². The van der Waals surface area contributed by atoms with Gasteiger partial charge < -0.3 is 0 Å². The molecule has 2 aromatic carbocycles. The van der Waals surface area contributed by atoms with E-state index in [1.54, 1.807) is 6.92 Å². The molecule has 20 heavy (non-hydrogen) atoms. The number of rotatable bonds is 3. The predicted molar refractivity (Wildman–Crippen MR) is 80.1 cm³/mol. The molecule has 104 valence electrons. The monoisotopic (exact) mass is 290 g/mol. The standard InChI is InChI=1S/C17H16ClFO/c1-10-4-5-13(6-11(10)2)8-17(20)14-7-12(3)16(19)9-15(14)18/h4-7,9H,8H2,1-3H3. The van der Waals surface area contributed by atoms with Crippen molar-refractivity contribution < 1.29 is 9.18 Å². The predicted octanol–water partition coefficient (Wildman–Crippen LogP) is 4.83. The molecule has 0 unspecified atom stereocenters. The van der Waals surface area contributed by atoms with Gasteiger partial charge in [0, 0.05) is 12.0 Å². The Morgan fingerprint density at radius 1 is 1.05 bits per heavy atom. The molecule has 0 bridgehead atoms. The Balaban J connectivity index is 2.28.